The highest BCUT2D eigenvalue weighted by Gasteiger charge is 2.46. The van der Waals surface area contributed by atoms with Gasteiger partial charge in [0.1, 0.15) is 5.76 Å². The van der Waals surface area contributed by atoms with Crippen molar-refractivity contribution in [3.05, 3.63) is 81.4 Å². The number of Topliss-reactive ketones (excluding diaryl/α,β-unsaturated/α-hetero) is 1. The largest absolute Gasteiger partial charge is 0.507 e. The molecule has 1 fully saturated rings. The summed E-state index contributed by atoms with van der Waals surface area (Å²) in [6.07, 6.45) is 17.0. The molecule has 0 saturated carbocycles. The summed E-state index contributed by atoms with van der Waals surface area (Å²) in [6.45, 7) is 2.59. The summed E-state index contributed by atoms with van der Waals surface area (Å²) in [5.41, 5.74) is 0.713. The molecule has 0 bridgehead atoms. The number of nitrogens with zero attached hydrogens (tertiary/aromatic N) is 2. The third-order valence-corrected chi connectivity index (χ3v) is 7.74. The van der Waals surface area contributed by atoms with Crippen LogP contribution in [0.1, 0.15) is 114 Å². The van der Waals surface area contributed by atoms with E-state index in [1.54, 1.807) is 42.5 Å². The summed E-state index contributed by atoms with van der Waals surface area (Å²) in [5.74, 6) is -1.70. The number of unbranched alkanes of at least 4 members (excludes halogenated alkanes) is 13. The molecular formula is C33H44N2O5. The molecule has 0 aliphatic carbocycles. The fourth-order valence-corrected chi connectivity index (χ4v) is 5.49. The maximum absolute atomic E-state index is 13.1. The van der Waals surface area contributed by atoms with E-state index in [0.29, 0.717) is 17.7 Å². The van der Waals surface area contributed by atoms with Crippen LogP contribution in [-0.2, 0) is 9.59 Å². The number of aliphatic hydroxyl groups excluding tert-OH is 1. The monoisotopic (exact) mass is 548 g/mol. The second-order valence-electron chi connectivity index (χ2n) is 10.8. The topological polar surface area (TPSA) is 101 Å². The lowest BCUT2D eigenvalue weighted by molar-refractivity contribution is -0.384. The summed E-state index contributed by atoms with van der Waals surface area (Å²) < 4.78 is 0. The molecule has 1 N–H and O–H groups in total. The van der Waals surface area contributed by atoms with Gasteiger partial charge in [0.15, 0.2) is 0 Å². The number of rotatable bonds is 18. The molecule has 216 valence electrons. The van der Waals surface area contributed by atoms with Gasteiger partial charge in [-0.1, -0.05) is 133 Å². The molecule has 1 heterocycles. The van der Waals surface area contributed by atoms with Gasteiger partial charge < -0.3 is 10.0 Å². The van der Waals surface area contributed by atoms with Crippen LogP contribution in [0.5, 0.6) is 0 Å². The van der Waals surface area contributed by atoms with E-state index in [4.69, 9.17) is 0 Å². The second kappa shape index (κ2) is 16.6. The molecule has 0 aromatic heterocycles. The Labute approximate surface area is 238 Å². The van der Waals surface area contributed by atoms with Gasteiger partial charge >= 0.3 is 0 Å². The van der Waals surface area contributed by atoms with Crippen LogP contribution >= 0.6 is 0 Å². The molecule has 2 aromatic rings. The maximum atomic E-state index is 13.1. The minimum Gasteiger partial charge on any atom is -0.507 e. The highest BCUT2D eigenvalue weighted by atomic mass is 16.6. The summed E-state index contributed by atoms with van der Waals surface area (Å²) in [5, 5.41) is 22.5. The highest BCUT2D eigenvalue weighted by molar-refractivity contribution is 6.46. The number of benzene rings is 2. The zero-order valence-corrected chi connectivity index (χ0v) is 23.9. The summed E-state index contributed by atoms with van der Waals surface area (Å²) in [4.78, 5) is 38.7. The lowest BCUT2D eigenvalue weighted by Gasteiger charge is -2.25. The zero-order chi connectivity index (χ0) is 28.7. The van der Waals surface area contributed by atoms with Crippen molar-refractivity contribution in [2.75, 3.05) is 6.54 Å². The molecule has 0 unspecified atom stereocenters. The van der Waals surface area contributed by atoms with Gasteiger partial charge in [-0.3, -0.25) is 19.7 Å². The zero-order valence-electron chi connectivity index (χ0n) is 23.9. The van der Waals surface area contributed by atoms with E-state index in [1.807, 2.05) is 0 Å². The van der Waals surface area contributed by atoms with Gasteiger partial charge in [0.05, 0.1) is 16.5 Å². The standard InChI is InChI=1S/C33H44N2O5/c1-2-3-4-5-6-7-8-9-10-11-12-13-14-18-24-34-30(27-22-19-23-28(25-27)35(39)40)29(32(37)33(34)38)31(36)26-20-16-15-17-21-26/h15-17,19-23,25,30,36H,2-14,18,24H2,1H3/b31-29+/t30-/m0/s1. The number of ketones is 1. The fraction of sp³-hybridized carbons (Fsp3) is 0.515. The summed E-state index contributed by atoms with van der Waals surface area (Å²) in [6, 6.07) is 13.7. The van der Waals surface area contributed by atoms with Crippen LogP contribution in [0.25, 0.3) is 5.76 Å². The van der Waals surface area contributed by atoms with Crippen LogP contribution in [0.4, 0.5) is 5.69 Å². The molecule has 1 atom stereocenters. The van der Waals surface area contributed by atoms with Gasteiger partial charge in [-0.25, -0.2) is 0 Å². The number of nitro benzene ring substituents is 1. The number of aliphatic hydroxyl groups is 1. The van der Waals surface area contributed by atoms with Gasteiger partial charge in [0.25, 0.3) is 17.4 Å². The maximum Gasteiger partial charge on any atom is 0.295 e. The fourth-order valence-electron chi connectivity index (χ4n) is 5.49. The van der Waals surface area contributed by atoms with Crippen molar-refractivity contribution in [3.63, 3.8) is 0 Å². The number of carbonyl (C=O) groups excluding carboxylic acids is 2. The van der Waals surface area contributed by atoms with Gasteiger partial charge in [-0.15, -0.1) is 0 Å². The van der Waals surface area contributed by atoms with Crippen LogP contribution in [-0.4, -0.2) is 33.2 Å². The average Bonchev–Trinajstić information content (AvgIpc) is 3.22. The van der Waals surface area contributed by atoms with E-state index in [9.17, 15) is 24.8 Å². The SMILES string of the molecule is CCCCCCCCCCCCCCCCN1C(=O)C(=O)/C(=C(/O)c2ccccc2)[C@@H]1c1cccc([N+](=O)[O-])c1. The molecule has 7 heteroatoms. The van der Waals surface area contributed by atoms with Gasteiger partial charge in [0.2, 0.25) is 0 Å². The Morgan fingerprint density at radius 2 is 1.35 bits per heavy atom. The molecule has 0 spiro atoms. The Balaban J connectivity index is 1.57. The van der Waals surface area contributed by atoms with Crippen molar-refractivity contribution in [3.8, 4) is 0 Å². The van der Waals surface area contributed by atoms with E-state index in [1.165, 1.54) is 81.2 Å². The van der Waals surface area contributed by atoms with Gasteiger partial charge in [0, 0.05) is 24.2 Å². The number of hydrogen-bond donors (Lipinski definition) is 1. The van der Waals surface area contributed by atoms with Crippen molar-refractivity contribution in [1.82, 2.24) is 4.90 Å². The van der Waals surface area contributed by atoms with E-state index < -0.39 is 22.7 Å². The smallest absolute Gasteiger partial charge is 0.295 e. The van der Waals surface area contributed by atoms with Crippen LogP contribution in [0.3, 0.4) is 0 Å². The van der Waals surface area contributed by atoms with Crippen molar-refractivity contribution in [2.24, 2.45) is 0 Å². The Morgan fingerprint density at radius 1 is 0.800 bits per heavy atom. The van der Waals surface area contributed by atoms with E-state index in [0.717, 1.165) is 25.7 Å². The number of carbonyl (C=O) groups is 2. The summed E-state index contributed by atoms with van der Waals surface area (Å²) in [7, 11) is 0. The Bertz CT molecular complexity index is 1140. The summed E-state index contributed by atoms with van der Waals surface area (Å²) >= 11 is 0. The Hall–Kier alpha value is -3.48. The number of likely N-dealkylation sites (tertiary alicyclic amines) is 1. The molecular weight excluding hydrogens is 504 g/mol. The molecule has 40 heavy (non-hydrogen) atoms. The first-order valence-corrected chi connectivity index (χ1v) is 15.0. The van der Waals surface area contributed by atoms with E-state index in [2.05, 4.69) is 6.92 Å². The first-order chi connectivity index (χ1) is 19.5. The number of amides is 1. The molecule has 3 rings (SSSR count). The first kappa shape index (κ1) is 31.1. The normalized spacial score (nSPS) is 16.5. The lowest BCUT2D eigenvalue weighted by Crippen LogP contribution is -2.30. The average molecular weight is 549 g/mol. The lowest BCUT2D eigenvalue weighted by atomic mass is 9.95. The number of nitro groups is 1. The molecule has 2 aromatic carbocycles. The van der Waals surface area contributed by atoms with Crippen molar-refractivity contribution < 1.29 is 19.6 Å². The number of non-ortho nitro benzene ring substituents is 1. The third kappa shape index (κ3) is 8.77. The van der Waals surface area contributed by atoms with Crippen LogP contribution in [0.15, 0.2) is 60.2 Å². The predicted octanol–water partition coefficient (Wildman–Crippen LogP) is 8.50. The van der Waals surface area contributed by atoms with Crippen LogP contribution in [0, 0.1) is 10.1 Å². The molecule has 1 aliphatic rings. The molecule has 1 amide bonds. The minimum atomic E-state index is -0.873. The van der Waals surface area contributed by atoms with Crippen LogP contribution in [0.2, 0.25) is 0 Å². The molecule has 7 nitrogen and oxygen atoms in total. The van der Waals surface area contributed by atoms with Crippen molar-refractivity contribution >= 4 is 23.1 Å². The Morgan fingerprint density at radius 3 is 1.90 bits per heavy atom. The quantitative estimate of drug-likeness (QED) is 0.0502. The second-order valence-corrected chi connectivity index (χ2v) is 10.8. The van der Waals surface area contributed by atoms with Crippen molar-refractivity contribution in [2.45, 2.75) is 103 Å². The molecule has 1 aliphatic heterocycles. The van der Waals surface area contributed by atoms with Crippen LogP contribution < -0.4 is 0 Å². The first-order valence-electron chi connectivity index (χ1n) is 15.0. The van der Waals surface area contributed by atoms with E-state index >= 15 is 0 Å². The third-order valence-electron chi connectivity index (χ3n) is 7.74. The minimum absolute atomic E-state index is 0.0259. The van der Waals surface area contributed by atoms with Crippen molar-refractivity contribution in [1.29, 1.82) is 0 Å². The molecule has 0 radical (unpaired) electrons. The highest BCUT2D eigenvalue weighted by Crippen LogP contribution is 2.40. The van der Waals surface area contributed by atoms with Gasteiger partial charge in [-0.2, -0.15) is 0 Å². The van der Waals surface area contributed by atoms with E-state index in [-0.39, 0.29) is 17.0 Å². The Kier molecular flexibility index (Phi) is 12.9. The molecule has 1 saturated heterocycles. The number of hydrogen-bond acceptors (Lipinski definition) is 5. The predicted molar refractivity (Wildman–Crippen MR) is 159 cm³/mol. The van der Waals surface area contributed by atoms with Gasteiger partial charge in [-0.05, 0) is 12.0 Å².